The van der Waals surface area contributed by atoms with Crippen molar-refractivity contribution in [2.24, 2.45) is 0 Å². The van der Waals surface area contributed by atoms with E-state index in [1.165, 1.54) is 4.90 Å². The highest BCUT2D eigenvalue weighted by atomic mass is 35.5. The molecule has 0 aliphatic carbocycles. The van der Waals surface area contributed by atoms with Gasteiger partial charge in [0.1, 0.15) is 24.7 Å². The van der Waals surface area contributed by atoms with Gasteiger partial charge < -0.3 is 9.47 Å². The molecule has 1 heterocycles. The van der Waals surface area contributed by atoms with E-state index in [1.807, 2.05) is 54.6 Å². The fraction of sp³-hybridized carbons (Fsp3) is 0.120. The number of imide groups is 1. The number of amides is 2. The fourth-order valence-electron chi connectivity index (χ4n) is 3.16. The van der Waals surface area contributed by atoms with Crippen molar-refractivity contribution in [3.63, 3.8) is 0 Å². The number of thioether (sulfide) groups is 1. The zero-order chi connectivity index (χ0) is 23.2. The molecule has 0 atom stereocenters. The van der Waals surface area contributed by atoms with E-state index in [0.717, 1.165) is 23.1 Å². The first-order valence-electron chi connectivity index (χ1n) is 10.1. The molecule has 33 heavy (non-hydrogen) atoms. The second-order valence-electron chi connectivity index (χ2n) is 7.06. The average Bonchev–Trinajstić information content (AvgIpc) is 3.08. The molecule has 168 valence electrons. The first-order chi connectivity index (χ1) is 16.0. The lowest BCUT2D eigenvalue weighted by Gasteiger charge is -2.13. The van der Waals surface area contributed by atoms with Gasteiger partial charge in [0.15, 0.2) is 0 Å². The summed E-state index contributed by atoms with van der Waals surface area (Å²) in [5.74, 6) is 1.01. The van der Waals surface area contributed by atoms with E-state index >= 15 is 0 Å². The highest BCUT2D eigenvalue weighted by molar-refractivity contribution is 8.18. The number of nitrogens with zero attached hydrogens (tertiary/aromatic N) is 1. The number of ether oxygens (including phenoxy) is 2. The number of benzene rings is 3. The topological polar surface area (TPSA) is 55.8 Å². The molecule has 0 radical (unpaired) electrons. The molecule has 0 saturated carbocycles. The van der Waals surface area contributed by atoms with Crippen molar-refractivity contribution in [2.75, 3.05) is 13.2 Å². The van der Waals surface area contributed by atoms with Crippen molar-refractivity contribution in [2.45, 2.75) is 6.54 Å². The van der Waals surface area contributed by atoms with Crippen LogP contribution in [-0.2, 0) is 11.3 Å². The van der Waals surface area contributed by atoms with Crippen LogP contribution < -0.4 is 9.47 Å². The van der Waals surface area contributed by atoms with Crippen LogP contribution in [0.4, 0.5) is 4.79 Å². The van der Waals surface area contributed by atoms with E-state index in [9.17, 15) is 9.59 Å². The smallest absolute Gasteiger partial charge is 0.293 e. The summed E-state index contributed by atoms with van der Waals surface area (Å²) in [5, 5.41) is 0.450. The third-order valence-electron chi connectivity index (χ3n) is 4.76. The third kappa shape index (κ3) is 5.90. The zero-order valence-corrected chi connectivity index (χ0v) is 19.7. The minimum Gasteiger partial charge on any atom is -0.490 e. The molecule has 1 aliphatic heterocycles. The summed E-state index contributed by atoms with van der Waals surface area (Å²) in [6, 6.07) is 21.9. The number of hydrogen-bond donors (Lipinski definition) is 0. The Morgan fingerprint density at radius 2 is 1.58 bits per heavy atom. The molecule has 8 heteroatoms. The molecular weight excluding hydrogens is 481 g/mol. The molecule has 0 bridgehead atoms. The lowest BCUT2D eigenvalue weighted by atomic mass is 10.1. The van der Waals surface area contributed by atoms with Crippen LogP contribution in [0.3, 0.4) is 0 Å². The van der Waals surface area contributed by atoms with Crippen molar-refractivity contribution in [1.29, 1.82) is 0 Å². The SMILES string of the molecule is O=C1S/C(=C/c2ccccc2OCCOc2ccccc2)C(=O)N1Cc1ccc(Cl)c(Cl)c1. The number of para-hydroxylation sites is 2. The zero-order valence-electron chi connectivity index (χ0n) is 17.4. The lowest BCUT2D eigenvalue weighted by molar-refractivity contribution is -0.123. The Bertz CT molecular complexity index is 1200. The van der Waals surface area contributed by atoms with Gasteiger partial charge in [-0.05, 0) is 53.7 Å². The number of rotatable bonds is 8. The first kappa shape index (κ1) is 23.2. The van der Waals surface area contributed by atoms with Crippen LogP contribution in [-0.4, -0.2) is 29.3 Å². The molecule has 1 fully saturated rings. The minimum atomic E-state index is -0.363. The normalized spacial score (nSPS) is 14.7. The summed E-state index contributed by atoms with van der Waals surface area (Å²) >= 11 is 12.9. The maximum atomic E-state index is 12.9. The molecule has 1 aliphatic rings. The predicted molar refractivity (Wildman–Crippen MR) is 132 cm³/mol. The lowest BCUT2D eigenvalue weighted by Crippen LogP contribution is -2.27. The van der Waals surface area contributed by atoms with Crippen LogP contribution in [0, 0.1) is 0 Å². The van der Waals surface area contributed by atoms with E-state index in [1.54, 1.807) is 24.3 Å². The highest BCUT2D eigenvalue weighted by Crippen LogP contribution is 2.35. The minimum absolute atomic E-state index is 0.119. The van der Waals surface area contributed by atoms with Crippen molar-refractivity contribution < 1.29 is 19.1 Å². The van der Waals surface area contributed by atoms with Gasteiger partial charge in [-0.15, -0.1) is 0 Å². The van der Waals surface area contributed by atoms with E-state index < -0.39 is 0 Å². The second-order valence-corrected chi connectivity index (χ2v) is 8.87. The van der Waals surface area contributed by atoms with Crippen LogP contribution in [0.1, 0.15) is 11.1 Å². The van der Waals surface area contributed by atoms with Gasteiger partial charge in [0.25, 0.3) is 11.1 Å². The standard InChI is InChI=1S/C25H19Cl2NO4S/c26-20-11-10-17(14-21(20)27)16-28-24(29)23(33-25(28)30)15-18-6-4-5-9-22(18)32-13-12-31-19-7-2-1-3-8-19/h1-11,14-15H,12-13,16H2/b23-15+. The van der Waals surface area contributed by atoms with Crippen molar-refractivity contribution in [3.8, 4) is 11.5 Å². The molecule has 4 rings (SSSR count). The molecular formula is C25H19Cl2NO4S. The maximum absolute atomic E-state index is 12.9. The second kappa shape index (κ2) is 10.8. The summed E-state index contributed by atoms with van der Waals surface area (Å²) in [4.78, 5) is 26.9. The molecule has 0 aromatic heterocycles. The monoisotopic (exact) mass is 499 g/mol. The number of carbonyl (C=O) groups is 2. The highest BCUT2D eigenvalue weighted by Gasteiger charge is 2.35. The largest absolute Gasteiger partial charge is 0.490 e. The Labute approximate surface area is 205 Å². The van der Waals surface area contributed by atoms with E-state index in [4.69, 9.17) is 32.7 Å². The maximum Gasteiger partial charge on any atom is 0.293 e. The molecule has 3 aromatic carbocycles. The predicted octanol–water partition coefficient (Wildman–Crippen LogP) is 6.69. The summed E-state index contributed by atoms with van der Waals surface area (Å²) in [7, 11) is 0. The summed E-state index contributed by atoms with van der Waals surface area (Å²) < 4.78 is 11.5. The average molecular weight is 500 g/mol. The van der Waals surface area contributed by atoms with Crippen LogP contribution >= 0.6 is 35.0 Å². The van der Waals surface area contributed by atoms with E-state index in [-0.39, 0.29) is 17.7 Å². The van der Waals surface area contributed by atoms with Crippen LogP contribution in [0.5, 0.6) is 11.5 Å². The summed E-state index contributed by atoms with van der Waals surface area (Å²) in [5.41, 5.74) is 1.42. The van der Waals surface area contributed by atoms with Crippen molar-refractivity contribution in [1.82, 2.24) is 4.90 Å². The molecule has 3 aromatic rings. The molecule has 0 spiro atoms. The fourth-order valence-corrected chi connectivity index (χ4v) is 4.31. The number of hydrogen-bond acceptors (Lipinski definition) is 5. The van der Waals surface area contributed by atoms with Crippen molar-refractivity contribution >= 4 is 52.2 Å². The number of halogens is 2. The van der Waals surface area contributed by atoms with Gasteiger partial charge in [-0.25, -0.2) is 0 Å². The molecule has 1 saturated heterocycles. The van der Waals surface area contributed by atoms with Gasteiger partial charge in [0.05, 0.1) is 21.5 Å². The van der Waals surface area contributed by atoms with E-state index in [2.05, 4.69) is 0 Å². The van der Waals surface area contributed by atoms with Crippen LogP contribution in [0.15, 0.2) is 77.7 Å². The quantitative estimate of drug-likeness (QED) is 0.255. The van der Waals surface area contributed by atoms with Gasteiger partial charge >= 0.3 is 0 Å². The van der Waals surface area contributed by atoms with Crippen LogP contribution in [0.25, 0.3) is 6.08 Å². The van der Waals surface area contributed by atoms with Crippen molar-refractivity contribution in [3.05, 3.63) is 98.9 Å². The molecule has 0 unspecified atom stereocenters. The Morgan fingerprint density at radius 1 is 0.848 bits per heavy atom. The molecule has 2 amide bonds. The Hall–Kier alpha value is -2.93. The third-order valence-corrected chi connectivity index (χ3v) is 6.40. The summed E-state index contributed by atoms with van der Waals surface area (Å²) in [6.45, 7) is 0.824. The van der Waals surface area contributed by atoms with Gasteiger partial charge in [0, 0.05) is 5.56 Å². The Balaban J connectivity index is 1.42. The first-order valence-corrected chi connectivity index (χ1v) is 11.7. The molecule has 0 N–H and O–H groups in total. The van der Waals surface area contributed by atoms with Gasteiger partial charge in [-0.3, -0.25) is 14.5 Å². The van der Waals surface area contributed by atoms with Gasteiger partial charge in [-0.2, -0.15) is 0 Å². The van der Waals surface area contributed by atoms with E-state index in [0.29, 0.717) is 39.5 Å². The number of carbonyl (C=O) groups excluding carboxylic acids is 2. The Kier molecular flexibility index (Phi) is 7.60. The van der Waals surface area contributed by atoms with Crippen LogP contribution in [0.2, 0.25) is 10.0 Å². The van der Waals surface area contributed by atoms with Gasteiger partial charge in [0.2, 0.25) is 0 Å². The summed E-state index contributed by atoms with van der Waals surface area (Å²) in [6.07, 6.45) is 1.67. The van der Waals surface area contributed by atoms with Gasteiger partial charge in [-0.1, -0.05) is 65.7 Å². The molecule has 5 nitrogen and oxygen atoms in total. The Morgan fingerprint density at radius 3 is 2.36 bits per heavy atom.